The van der Waals surface area contributed by atoms with Crippen molar-refractivity contribution in [1.82, 2.24) is 14.9 Å². The monoisotopic (exact) mass is 456 g/mol. The zero-order valence-electron chi connectivity index (χ0n) is 18.5. The summed E-state index contributed by atoms with van der Waals surface area (Å²) in [6, 6.07) is 11.5. The van der Waals surface area contributed by atoms with Gasteiger partial charge in [0.25, 0.3) is 0 Å². The van der Waals surface area contributed by atoms with Crippen molar-refractivity contribution >= 4 is 16.6 Å². The molecule has 0 saturated carbocycles. The van der Waals surface area contributed by atoms with Crippen molar-refractivity contribution in [3.8, 4) is 11.8 Å². The summed E-state index contributed by atoms with van der Waals surface area (Å²) in [5, 5.41) is 7.39. The molecule has 0 atom stereocenters. The van der Waals surface area contributed by atoms with Gasteiger partial charge in [-0.3, -0.25) is 4.98 Å². The molecular formula is C25H27F3N4O. The second kappa shape index (κ2) is 10.3. The van der Waals surface area contributed by atoms with Gasteiger partial charge in [0.1, 0.15) is 6.54 Å². The number of ether oxygens (including phenoxy) is 1. The maximum absolute atomic E-state index is 13.3. The number of pyridine rings is 1. The van der Waals surface area contributed by atoms with Crippen LogP contribution in [0.15, 0.2) is 42.6 Å². The van der Waals surface area contributed by atoms with Gasteiger partial charge in [-0.25, -0.2) is 0 Å². The molecule has 33 heavy (non-hydrogen) atoms. The Balaban J connectivity index is 1.51. The predicted octanol–water partition coefficient (Wildman–Crippen LogP) is 4.64. The number of rotatable bonds is 6. The minimum atomic E-state index is -4.34. The van der Waals surface area contributed by atoms with E-state index in [-0.39, 0.29) is 0 Å². The van der Waals surface area contributed by atoms with Gasteiger partial charge in [0.05, 0.1) is 24.1 Å². The Hall–Kier alpha value is -3.02. The zero-order chi connectivity index (χ0) is 23.3. The lowest BCUT2D eigenvalue weighted by Gasteiger charge is -2.23. The van der Waals surface area contributed by atoms with Crippen molar-refractivity contribution < 1.29 is 17.9 Å². The summed E-state index contributed by atoms with van der Waals surface area (Å²) in [6.07, 6.45) is -0.696. The first-order chi connectivity index (χ1) is 15.9. The molecule has 1 saturated heterocycles. The Bertz CT molecular complexity index is 1140. The highest BCUT2D eigenvalue weighted by atomic mass is 19.4. The van der Waals surface area contributed by atoms with Crippen LogP contribution in [0.3, 0.4) is 0 Å². The molecule has 0 bridgehead atoms. The van der Waals surface area contributed by atoms with Crippen LogP contribution in [-0.2, 0) is 17.8 Å². The topological polar surface area (TPSA) is 51.1 Å². The molecule has 3 aromatic rings. The molecule has 1 aliphatic heterocycles. The molecule has 2 aromatic heterocycles. The van der Waals surface area contributed by atoms with Crippen LogP contribution in [0.2, 0.25) is 0 Å². The lowest BCUT2D eigenvalue weighted by atomic mass is 10.1. The average Bonchev–Trinajstić information content (AvgIpc) is 3.12. The van der Waals surface area contributed by atoms with Gasteiger partial charge in [-0.05, 0) is 61.6 Å². The number of hydrogen-bond acceptors (Lipinski definition) is 4. The van der Waals surface area contributed by atoms with E-state index in [2.05, 4.69) is 27.5 Å². The van der Waals surface area contributed by atoms with Crippen LogP contribution in [-0.4, -0.2) is 41.5 Å². The molecule has 174 valence electrons. The maximum atomic E-state index is 13.3. The van der Waals surface area contributed by atoms with Crippen LogP contribution in [0.4, 0.5) is 18.9 Å². The smallest absolute Gasteiger partial charge is 0.381 e. The third-order valence-electron chi connectivity index (χ3n) is 5.63. The van der Waals surface area contributed by atoms with E-state index in [0.29, 0.717) is 30.3 Å². The average molecular weight is 457 g/mol. The zero-order valence-corrected chi connectivity index (χ0v) is 18.5. The van der Waals surface area contributed by atoms with Gasteiger partial charge in [0.2, 0.25) is 0 Å². The standard InChI is InChI=1S/C25H27F3N4O/c1-18-4-6-22(16-30-18)29-10-2-3-23-14-20-13-19(15-31-21-8-11-33-12-9-21)5-7-24(20)32(23)17-25(26,27)28/h4-7,13-14,16,21,29,31H,8-12,15,17H2,1H3. The van der Waals surface area contributed by atoms with Crippen molar-refractivity contribution in [3.63, 3.8) is 0 Å². The molecule has 5 nitrogen and oxygen atoms in total. The largest absolute Gasteiger partial charge is 0.406 e. The highest BCUT2D eigenvalue weighted by Crippen LogP contribution is 2.26. The molecule has 0 aliphatic carbocycles. The Morgan fingerprint density at radius 2 is 1.97 bits per heavy atom. The molecule has 1 aliphatic rings. The van der Waals surface area contributed by atoms with Crippen LogP contribution in [0.25, 0.3) is 10.9 Å². The number of aromatic nitrogens is 2. The number of aryl methyl sites for hydroxylation is 1. The van der Waals surface area contributed by atoms with Gasteiger partial charge in [0.15, 0.2) is 0 Å². The third kappa shape index (κ3) is 6.50. The van der Waals surface area contributed by atoms with E-state index in [1.54, 1.807) is 18.3 Å². The van der Waals surface area contributed by atoms with Crippen molar-refractivity contribution in [2.45, 2.75) is 45.1 Å². The molecular weight excluding hydrogens is 429 g/mol. The summed E-state index contributed by atoms with van der Waals surface area (Å²) in [6.45, 7) is 3.31. The van der Waals surface area contributed by atoms with Crippen LogP contribution >= 0.6 is 0 Å². The molecule has 2 N–H and O–H groups in total. The SMILES string of the molecule is Cc1ccc(NCC#Cc2cc3cc(CNC4CCOCC4)ccc3n2CC(F)(F)F)cn1. The van der Waals surface area contributed by atoms with Crippen LogP contribution < -0.4 is 10.6 Å². The molecule has 8 heteroatoms. The summed E-state index contributed by atoms with van der Waals surface area (Å²) in [7, 11) is 0. The lowest BCUT2D eigenvalue weighted by Crippen LogP contribution is -2.34. The molecule has 0 spiro atoms. The van der Waals surface area contributed by atoms with E-state index >= 15 is 0 Å². The number of anilines is 1. The summed E-state index contributed by atoms with van der Waals surface area (Å²) in [5.41, 5.74) is 3.63. The van der Waals surface area contributed by atoms with Crippen molar-refractivity contribution in [1.29, 1.82) is 0 Å². The first-order valence-electron chi connectivity index (χ1n) is 11.0. The molecule has 3 heterocycles. The van der Waals surface area contributed by atoms with E-state index in [1.807, 2.05) is 31.2 Å². The molecule has 1 aromatic carbocycles. The Morgan fingerprint density at radius 3 is 2.70 bits per heavy atom. The Labute approximate surface area is 191 Å². The fourth-order valence-corrected chi connectivity index (χ4v) is 3.90. The highest BCUT2D eigenvalue weighted by Gasteiger charge is 2.29. The molecule has 0 amide bonds. The number of hydrogen-bond donors (Lipinski definition) is 2. The number of alkyl halides is 3. The van der Waals surface area contributed by atoms with E-state index in [4.69, 9.17) is 4.74 Å². The van der Waals surface area contributed by atoms with Gasteiger partial charge in [-0.2, -0.15) is 13.2 Å². The van der Waals surface area contributed by atoms with Gasteiger partial charge < -0.3 is 19.9 Å². The number of nitrogens with one attached hydrogen (secondary N) is 2. The molecule has 1 fully saturated rings. The molecule has 0 radical (unpaired) electrons. The summed E-state index contributed by atoms with van der Waals surface area (Å²) in [4.78, 5) is 4.20. The van der Waals surface area contributed by atoms with E-state index in [9.17, 15) is 13.2 Å². The van der Waals surface area contributed by atoms with E-state index in [0.717, 1.165) is 48.4 Å². The first-order valence-corrected chi connectivity index (χ1v) is 11.0. The minimum Gasteiger partial charge on any atom is -0.381 e. The van der Waals surface area contributed by atoms with Gasteiger partial charge >= 0.3 is 6.18 Å². The van der Waals surface area contributed by atoms with Crippen molar-refractivity contribution in [2.75, 3.05) is 25.1 Å². The second-order valence-electron chi connectivity index (χ2n) is 8.24. The molecule has 0 unspecified atom stereocenters. The van der Waals surface area contributed by atoms with Crippen LogP contribution in [0.1, 0.15) is 29.8 Å². The first kappa shape index (κ1) is 23.1. The minimum absolute atomic E-state index is 0.304. The van der Waals surface area contributed by atoms with E-state index in [1.165, 1.54) is 4.57 Å². The normalized spacial score (nSPS) is 14.8. The Morgan fingerprint density at radius 1 is 1.15 bits per heavy atom. The van der Waals surface area contributed by atoms with Crippen molar-refractivity contribution in [2.24, 2.45) is 0 Å². The fourth-order valence-electron chi connectivity index (χ4n) is 3.90. The summed E-state index contributed by atoms with van der Waals surface area (Å²) >= 11 is 0. The lowest BCUT2D eigenvalue weighted by molar-refractivity contribution is -0.140. The maximum Gasteiger partial charge on any atom is 0.406 e. The number of halogens is 3. The fraction of sp³-hybridized carbons (Fsp3) is 0.400. The molecule has 4 rings (SSSR count). The summed E-state index contributed by atoms with van der Waals surface area (Å²) in [5.74, 6) is 5.84. The number of fused-ring (bicyclic) bond motifs is 1. The van der Waals surface area contributed by atoms with Gasteiger partial charge in [0, 0.05) is 42.4 Å². The number of benzene rings is 1. The van der Waals surface area contributed by atoms with Gasteiger partial charge in [-0.1, -0.05) is 12.0 Å². The quantitative estimate of drug-likeness (QED) is 0.531. The van der Waals surface area contributed by atoms with Crippen LogP contribution in [0, 0.1) is 18.8 Å². The Kier molecular flexibility index (Phi) is 7.21. The van der Waals surface area contributed by atoms with Crippen molar-refractivity contribution in [3.05, 3.63) is 59.5 Å². The van der Waals surface area contributed by atoms with Crippen LogP contribution in [0.5, 0.6) is 0 Å². The third-order valence-corrected chi connectivity index (χ3v) is 5.63. The van der Waals surface area contributed by atoms with E-state index < -0.39 is 12.7 Å². The predicted molar refractivity (Wildman–Crippen MR) is 123 cm³/mol. The number of nitrogens with zero attached hydrogens (tertiary/aromatic N) is 2. The summed E-state index contributed by atoms with van der Waals surface area (Å²) < 4.78 is 46.4. The highest BCUT2D eigenvalue weighted by molar-refractivity contribution is 5.83. The van der Waals surface area contributed by atoms with Gasteiger partial charge in [-0.15, -0.1) is 0 Å². The second-order valence-corrected chi connectivity index (χ2v) is 8.24.